The van der Waals surface area contributed by atoms with Gasteiger partial charge in [-0.2, -0.15) is 0 Å². The van der Waals surface area contributed by atoms with E-state index in [1.54, 1.807) is 12.1 Å². The normalized spacial score (nSPS) is 10.4. The molecule has 0 saturated heterocycles. The summed E-state index contributed by atoms with van der Waals surface area (Å²) in [7, 11) is 0. The third kappa shape index (κ3) is 2.38. The van der Waals surface area contributed by atoms with Gasteiger partial charge in [0, 0.05) is 0 Å². The van der Waals surface area contributed by atoms with Crippen LogP contribution in [0.25, 0.3) is 0 Å². The minimum Gasteiger partial charge on any atom is -0.477 e. The van der Waals surface area contributed by atoms with E-state index in [-0.39, 0.29) is 4.88 Å². The highest BCUT2D eigenvalue weighted by molar-refractivity contribution is 7.15. The molecule has 0 unspecified atom stereocenters. The first-order valence-corrected chi connectivity index (χ1v) is 6.38. The Bertz CT molecular complexity index is 599. The summed E-state index contributed by atoms with van der Waals surface area (Å²) in [6.07, 6.45) is 0. The van der Waals surface area contributed by atoms with E-state index in [0.717, 1.165) is 33.8 Å². The molecule has 0 fully saturated rings. The van der Waals surface area contributed by atoms with Gasteiger partial charge in [0.25, 0.3) is 0 Å². The van der Waals surface area contributed by atoms with Crippen molar-refractivity contribution in [2.75, 3.05) is 0 Å². The van der Waals surface area contributed by atoms with Crippen LogP contribution in [-0.2, 0) is 0 Å². The van der Waals surface area contributed by atoms with Crippen molar-refractivity contribution >= 4 is 17.3 Å². The molecule has 1 aromatic heterocycles. The second-order valence-electron chi connectivity index (χ2n) is 4.18. The highest BCUT2D eigenvalue weighted by Crippen LogP contribution is 2.34. The van der Waals surface area contributed by atoms with E-state index < -0.39 is 5.97 Å². The summed E-state index contributed by atoms with van der Waals surface area (Å²) < 4.78 is 5.81. The summed E-state index contributed by atoms with van der Waals surface area (Å²) in [4.78, 5) is 11.1. The molecule has 0 bridgehead atoms. The van der Waals surface area contributed by atoms with Crippen LogP contribution in [0.2, 0.25) is 0 Å². The summed E-state index contributed by atoms with van der Waals surface area (Å²) in [5.41, 5.74) is 3.29. The number of benzene rings is 1. The third-order valence-corrected chi connectivity index (χ3v) is 3.82. The zero-order valence-electron chi connectivity index (χ0n) is 10.5. The van der Waals surface area contributed by atoms with E-state index in [9.17, 15) is 4.79 Å². The maximum Gasteiger partial charge on any atom is 0.345 e. The fraction of sp³-hybridized carbons (Fsp3) is 0.214. The van der Waals surface area contributed by atoms with Crippen molar-refractivity contribution in [2.24, 2.45) is 0 Å². The van der Waals surface area contributed by atoms with Crippen LogP contribution in [0.4, 0.5) is 0 Å². The molecule has 0 aliphatic heterocycles. The molecule has 18 heavy (non-hydrogen) atoms. The van der Waals surface area contributed by atoms with Gasteiger partial charge in [-0.15, -0.1) is 0 Å². The molecule has 1 N–H and O–H groups in total. The number of aryl methyl sites for hydroxylation is 2. The van der Waals surface area contributed by atoms with Crippen molar-refractivity contribution in [2.45, 2.75) is 20.8 Å². The van der Waals surface area contributed by atoms with Crippen LogP contribution < -0.4 is 4.74 Å². The van der Waals surface area contributed by atoms with Gasteiger partial charge < -0.3 is 9.84 Å². The van der Waals surface area contributed by atoms with E-state index in [1.807, 2.05) is 26.8 Å². The summed E-state index contributed by atoms with van der Waals surface area (Å²) in [5.74, 6) is -0.110. The topological polar surface area (TPSA) is 46.5 Å². The molecule has 0 spiro atoms. The number of aromatic carboxylic acids is 1. The predicted octanol–water partition coefficient (Wildman–Crippen LogP) is 4.16. The average Bonchev–Trinajstić information content (AvgIpc) is 2.78. The molecule has 2 rings (SSSR count). The van der Waals surface area contributed by atoms with Crippen LogP contribution >= 0.6 is 11.3 Å². The Morgan fingerprint density at radius 2 is 1.78 bits per heavy atom. The first-order chi connectivity index (χ1) is 8.49. The fourth-order valence-corrected chi connectivity index (χ4v) is 2.37. The largest absolute Gasteiger partial charge is 0.477 e. The van der Waals surface area contributed by atoms with E-state index in [1.165, 1.54) is 0 Å². The van der Waals surface area contributed by atoms with Crippen molar-refractivity contribution in [3.05, 3.63) is 45.8 Å². The van der Waals surface area contributed by atoms with Crippen LogP contribution in [0.15, 0.2) is 24.3 Å². The standard InChI is InChI=1S/C14H14O3S/c1-8-4-5-9(2)13(10(8)3)17-12-7-6-11(18-12)14(15)16/h4-7H,1-3H3,(H,15,16). The molecule has 0 saturated carbocycles. The minimum atomic E-state index is -0.924. The molecule has 0 radical (unpaired) electrons. The van der Waals surface area contributed by atoms with Crippen molar-refractivity contribution in [3.8, 4) is 10.8 Å². The van der Waals surface area contributed by atoms with Crippen molar-refractivity contribution in [1.29, 1.82) is 0 Å². The number of ether oxygens (including phenoxy) is 1. The quantitative estimate of drug-likeness (QED) is 0.903. The lowest BCUT2D eigenvalue weighted by Gasteiger charge is -2.11. The molecule has 4 heteroatoms. The SMILES string of the molecule is Cc1ccc(C)c(Oc2ccc(C(=O)O)s2)c1C. The van der Waals surface area contributed by atoms with Gasteiger partial charge in [0.05, 0.1) is 0 Å². The maximum absolute atomic E-state index is 10.8. The van der Waals surface area contributed by atoms with E-state index in [0.29, 0.717) is 5.06 Å². The maximum atomic E-state index is 10.8. The molecular weight excluding hydrogens is 248 g/mol. The minimum absolute atomic E-state index is 0.285. The lowest BCUT2D eigenvalue weighted by atomic mass is 10.1. The Morgan fingerprint density at radius 3 is 2.39 bits per heavy atom. The van der Waals surface area contributed by atoms with Crippen LogP contribution in [0.1, 0.15) is 26.4 Å². The average molecular weight is 262 g/mol. The number of carboxylic acid groups (broad SMARTS) is 1. The zero-order chi connectivity index (χ0) is 13.3. The summed E-state index contributed by atoms with van der Waals surface area (Å²) in [5, 5.41) is 9.47. The van der Waals surface area contributed by atoms with Gasteiger partial charge in [-0.05, 0) is 49.6 Å². The molecule has 0 aliphatic rings. The Balaban J connectivity index is 2.33. The summed E-state index contributed by atoms with van der Waals surface area (Å²) >= 11 is 1.14. The highest BCUT2D eigenvalue weighted by atomic mass is 32.1. The van der Waals surface area contributed by atoms with Gasteiger partial charge in [-0.1, -0.05) is 23.5 Å². The van der Waals surface area contributed by atoms with Crippen molar-refractivity contribution in [1.82, 2.24) is 0 Å². The van der Waals surface area contributed by atoms with Gasteiger partial charge in [0.2, 0.25) is 0 Å². The number of rotatable bonds is 3. The monoisotopic (exact) mass is 262 g/mol. The Labute approximate surface area is 110 Å². The van der Waals surface area contributed by atoms with Crippen molar-refractivity contribution < 1.29 is 14.6 Å². The van der Waals surface area contributed by atoms with Crippen LogP contribution in [-0.4, -0.2) is 11.1 Å². The van der Waals surface area contributed by atoms with Crippen LogP contribution in [0, 0.1) is 20.8 Å². The van der Waals surface area contributed by atoms with Crippen LogP contribution in [0.3, 0.4) is 0 Å². The predicted molar refractivity (Wildman–Crippen MR) is 72.0 cm³/mol. The summed E-state index contributed by atoms with van der Waals surface area (Å²) in [6, 6.07) is 7.30. The molecular formula is C14H14O3S. The lowest BCUT2D eigenvalue weighted by Crippen LogP contribution is -1.92. The third-order valence-electron chi connectivity index (χ3n) is 2.87. The van der Waals surface area contributed by atoms with E-state index >= 15 is 0 Å². The first-order valence-electron chi connectivity index (χ1n) is 5.57. The Hall–Kier alpha value is -1.81. The Kier molecular flexibility index (Phi) is 3.39. The molecule has 0 amide bonds. The molecule has 2 aromatic rings. The van der Waals surface area contributed by atoms with Gasteiger partial charge in [0.1, 0.15) is 10.6 Å². The fourth-order valence-electron chi connectivity index (χ4n) is 1.67. The lowest BCUT2D eigenvalue weighted by molar-refractivity contribution is 0.0702. The van der Waals surface area contributed by atoms with Gasteiger partial charge >= 0.3 is 5.97 Å². The smallest absolute Gasteiger partial charge is 0.345 e. The summed E-state index contributed by atoms with van der Waals surface area (Å²) in [6.45, 7) is 6.01. The van der Waals surface area contributed by atoms with E-state index in [2.05, 4.69) is 6.07 Å². The van der Waals surface area contributed by atoms with E-state index in [4.69, 9.17) is 9.84 Å². The second kappa shape index (κ2) is 4.82. The molecule has 1 aromatic carbocycles. The Morgan fingerprint density at radius 1 is 1.11 bits per heavy atom. The van der Waals surface area contributed by atoms with Gasteiger partial charge in [-0.3, -0.25) is 0 Å². The van der Waals surface area contributed by atoms with Gasteiger partial charge in [0.15, 0.2) is 5.06 Å². The highest BCUT2D eigenvalue weighted by Gasteiger charge is 2.11. The molecule has 94 valence electrons. The number of hydrogen-bond acceptors (Lipinski definition) is 3. The van der Waals surface area contributed by atoms with Gasteiger partial charge in [-0.25, -0.2) is 4.79 Å². The van der Waals surface area contributed by atoms with Crippen molar-refractivity contribution in [3.63, 3.8) is 0 Å². The molecule has 0 aliphatic carbocycles. The number of carboxylic acids is 1. The number of carbonyl (C=O) groups is 1. The molecule has 0 atom stereocenters. The van der Waals surface area contributed by atoms with Crippen LogP contribution in [0.5, 0.6) is 10.8 Å². The number of thiophene rings is 1. The first kappa shape index (κ1) is 12.6. The zero-order valence-corrected chi connectivity index (χ0v) is 11.3. The molecule has 3 nitrogen and oxygen atoms in total. The second-order valence-corrected chi connectivity index (χ2v) is 5.23. The number of hydrogen-bond donors (Lipinski definition) is 1. The molecule has 1 heterocycles.